The maximum atomic E-state index is 14.4. The van der Waals surface area contributed by atoms with E-state index < -0.39 is 7.59 Å². The molecule has 8 heteroatoms. The third-order valence-electron chi connectivity index (χ3n) is 5.67. The summed E-state index contributed by atoms with van der Waals surface area (Å²) in [5.41, 5.74) is 0. The van der Waals surface area contributed by atoms with E-state index >= 15 is 0 Å². The van der Waals surface area contributed by atoms with Crippen LogP contribution in [-0.4, -0.2) is 86.9 Å². The summed E-state index contributed by atoms with van der Waals surface area (Å²) in [5, 5.41) is 29.2. The lowest BCUT2D eigenvalue weighted by molar-refractivity contribution is 0.150. The van der Waals surface area contributed by atoms with Crippen LogP contribution in [-0.2, 0) is 4.57 Å². The molecule has 3 atom stereocenters. The Bertz CT molecular complexity index is 391. The largest absolute Gasteiger partial charge is 0.395 e. The van der Waals surface area contributed by atoms with Gasteiger partial charge in [0.15, 0.2) is 0 Å². The number of hydrogen-bond donors (Lipinski definition) is 3. The fraction of sp³-hybridized carbons (Fsp3) is 1.00. The molecule has 0 aromatic carbocycles. The summed E-state index contributed by atoms with van der Waals surface area (Å²) in [5.74, 6) is 0. The Balaban J connectivity index is 1.97. The molecule has 0 saturated carbocycles. The van der Waals surface area contributed by atoms with Crippen molar-refractivity contribution in [3.63, 3.8) is 0 Å². The van der Waals surface area contributed by atoms with Gasteiger partial charge in [0.05, 0.1) is 19.8 Å². The molecule has 134 valence electrons. The highest BCUT2D eigenvalue weighted by molar-refractivity contribution is 7.56. The molecule has 3 saturated heterocycles. The molecule has 0 spiro atoms. The van der Waals surface area contributed by atoms with E-state index in [1.807, 2.05) is 14.0 Å². The van der Waals surface area contributed by atoms with Gasteiger partial charge in [-0.3, -0.25) is 4.57 Å². The van der Waals surface area contributed by atoms with E-state index in [0.29, 0.717) is 19.6 Å². The molecule has 0 radical (unpaired) electrons. The van der Waals surface area contributed by atoms with Crippen LogP contribution >= 0.6 is 7.59 Å². The number of aliphatic hydroxyl groups is 3. The van der Waals surface area contributed by atoms with E-state index in [0.717, 1.165) is 38.5 Å². The Morgan fingerprint density at radius 3 is 1.26 bits per heavy atom. The van der Waals surface area contributed by atoms with E-state index in [4.69, 9.17) is 0 Å². The smallest absolute Gasteiger partial charge is 0.287 e. The van der Waals surface area contributed by atoms with Crippen molar-refractivity contribution in [2.75, 3.05) is 39.5 Å². The molecule has 3 aliphatic rings. The van der Waals surface area contributed by atoms with Gasteiger partial charge in [0.1, 0.15) is 0 Å². The van der Waals surface area contributed by atoms with Gasteiger partial charge in [-0.1, -0.05) is 0 Å². The summed E-state index contributed by atoms with van der Waals surface area (Å²) in [7, 11) is -3.06. The van der Waals surface area contributed by atoms with Crippen LogP contribution in [0.3, 0.4) is 0 Å². The van der Waals surface area contributed by atoms with Crippen LogP contribution in [0.15, 0.2) is 0 Å². The van der Waals surface area contributed by atoms with Crippen molar-refractivity contribution in [2.45, 2.75) is 56.7 Å². The number of hydrogen-bond acceptors (Lipinski definition) is 4. The first-order valence-electron chi connectivity index (χ1n) is 8.90. The number of aliphatic hydroxyl groups excluding tert-OH is 3. The van der Waals surface area contributed by atoms with Gasteiger partial charge in [-0.05, 0) is 38.5 Å². The van der Waals surface area contributed by atoms with Crippen molar-refractivity contribution < 1.29 is 19.9 Å². The topological polar surface area (TPSA) is 87.5 Å². The van der Waals surface area contributed by atoms with E-state index in [2.05, 4.69) is 0 Å². The Kier molecular flexibility index (Phi) is 5.79. The van der Waals surface area contributed by atoms with Gasteiger partial charge >= 0.3 is 0 Å². The molecular formula is C15H30N3O4P. The minimum Gasteiger partial charge on any atom is -0.395 e. The fourth-order valence-corrected chi connectivity index (χ4v) is 8.42. The lowest BCUT2D eigenvalue weighted by Crippen LogP contribution is -2.48. The monoisotopic (exact) mass is 347 g/mol. The lowest BCUT2D eigenvalue weighted by Gasteiger charge is -2.46. The minimum atomic E-state index is -3.06. The summed E-state index contributed by atoms with van der Waals surface area (Å²) in [6.45, 7) is 2.18. The third-order valence-corrected chi connectivity index (χ3v) is 9.26. The average molecular weight is 347 g/mol. The van der Waals surface area contributed by atoms with Crippen molar-refractivity contribution in [1.82, 2.24) is 14.0 Å². The van der Waals surface area contributed by atoms with Gasteiger partial charge < -0.3 is 15.3 Å². The maximum Gasteiger partial charge on any atom is 0.287 e. The molecule has 3 heterocycles. The van der Waals surface area contributed by atoms with Crippen LogP contribution in [0, 0.1) is 0 Å². The number of nitrogens with zero attached hydrogens (tertiary/aromatic N) is 3. The molecule has 0 unspecified atom stereocenters. The first kappa shape index (κ1) is 17.8. The summed E-state index contributed by atoms with van der Waals surface area (Å²) >= 11 is 0. The Hall–Kier alpha value is -0.0100. The second kappa shape index (κ2) is 7.48. The first-order valence-corrected chi connectivity index (χ1v) is 10.5. The molecule has 23 heavy (non-hydrogen) atoms. The second-order valence-electron chi connectivity index (χ2n) is 6.94. The first-order chi connectivity index (χ1) is 11.2. The standard InChI is InChI=1S/C15H30N3O4P/c19-10-13-4-1-7-16(13)23(22,17-8-2-5-14(17)11-20)18-9-3-6-15(18)12-21/h13-15,19-21H,1-12H2/t13-,14-,15-/m0/s1. The Morgan fingerprint density at radius 2 is 1.00 bits per heavy atom. The van der Waals surface area contributed by atoms with Crippen LogP contribution in [0.5, 0.6) is 0 Å². The highest BCUT2D eigenvalue weighted by Gasteiger charge is 2.53. The molecule has 7 nitrogen and oxygen atoms in total. The van der Waals surface area contributed by atoms with Crippen LogP contribution in [0.25, 0.3) is 0 Å². The molecule has 3 aliphatic heterocycles. The summed E-state index contributed by atoms with van der Waals surface area (Å²) < 4.78 is 20.4. The fourth-order valence-electron chi connectivity index (χ4n) is 4.49. The third kappa shape index (κ3) is 3.01. The molecule has 0 aromatic rings. The van der Waals surface area contributed by atoms with E-state index in [9.17, 15) is 19.9 Å². The number of rotatable bonds is 6. The van der Waals surface area contributed by atoms with Crippen LogP contribution < -0.4 is 0 Å². The molecule has 3 fully saturated rings. The molecule has 0 aliphatic carbocycles. The van der Waals surface area contributed by atoms with Crippen LogP contribution in [0.1, 0.15) is 38.5 Å². The predicted molar refractivity (Wildman–Crippen MR) is 88.0 cm³/mol. The summed E-state index contributed by atoms with van der Waals surface area (Å²) in [4.78, 5) is 0. The van der Waals surface area contributed by atoms with Crippen LogP contribution in [0.2, 0.25) is 0 Å². The zero-order valence-electron chi connectivity index (χ0n) is 13.8. The molecule has 3 N–H and O–H groups in total. The SMILES string of the molecule is O=P(N1CCC[C@H]1CO)(N1CCC[C@H]1CO)N1CCC[C@H]1CO. The molecule has 0 bridgehead atoms. The highest BCUT2D eigenvalue weighted by atomic mass is 31.2. The van der Waals surface area contributed by atoms with Crippen molar-refractivity contribution in [2.24, 2.45) is 0 Å². The van der Waals surface area contributed by atoms with Gasteiger partial charge in [0, 0.05) is 37.8 Å². The summed E-state index contributed by atoms with van der Waals surface area (Å²) in [6.07, 6.45) is 5.38. The highest BCUT2D eigenvalue weighted by Crippen LogP contribution is 2.63. The van der Waals surface area contributed by atoms with Gasteiger partial charge in [-0.2, -0.15) is 0 Å². The Morgan fingerprint density at radius 1 is 0.696 bits per heavy atom. The minimum absolute atomic E-state index is 0.0131. The normalized spacial score (nSPS) is 34.7. The van der Waals surface area contributed by atoms with Gasteiger partial charge in [0.25, 0.3) is 7.59 Å². The molecule has 0 amide bonds. The van der Waals surface area contributed by atoms with E-state index in [1.165, 1.54) is 0 Å². The maximum absolute atomic E-state index is 14.4. The predicted octanol–water partition coefficient (Wildman–Crippen LogP) is 0.465. The van der Waals surface area contributed by atoms with Crippen molar-refractivity contribution in [3.8, 4) is 0 Å². The van der Waals surface area contributed by atoms with Crippen molar-refractivity contribution in [1.29, 1.82) is 0 Å². The zero-order chi connectivity index (χ0) is 16.4. The molecule has 3 rings (SSSR count). The molecule has 0 aromatic heterocycles. The summed E-state index contributed by atoms with van der Waals surface area (Å²) in [6, 6.07) is -0.248. The van der Waals surface area contributed by atoms with E-state index in [-0.39, 0.29) is 37.9 Å². The Labute approximate surface area is 138 Å². The second-order valence-corrected chi connectivity index (χ2v) is 9.51. The molecular weight excluding hydrogens is 317 g/mol. The van der Waals surface area contributed by atoms with Crippen molar-refractivity contribution in [3.05, 3.63) is 0 Å². The van der Waals surface area contributed by atoms with Crippen LogP contribution in [0.4, 0.5) is 0 Å². The van der Waals surface area contributed by atoms with Gasteiger partial charge in [0.2, 0.25) is 0 Å². The zero-order valence-corrected chi connectivity index (χ0v) is 14.7. The average Bonchev–Trinajstić information content (AvgIpc) is 3.33. The lowest BCUT2D eigenvalue weighted by atomic mass is 10.2. The van der Waals surface area contributed by atoms with Crippen molar-refractivity contribution >= 4 is 7.59 Å². The van der Waals surface area contributed by atoms with Gasteiger partial charge in [-0.25, -0.2) is 14.0 Å². The quantitative estimate of drug-likeness (QED) is 0.602. The van der Waals surface area contributed by atoms with E-state index in [1.54, 1.807) is 0 Å². The van der Waals surface area contributed by atoms with Gasteiger partial charge in [-0.15, -0.1) is 0 Å².